The van der Waals surface area contributed by atoms with Gasteiger partial charge in [0.25, 0.3) is 0 Å². The number of nitrogens with zero attached hydrogens (tertiary/aromatic N) is 2. The van der Waals surface area contributed by atoms with Gasteiger partial charge in [0.15, 0.2) is 0 Å². The van der Waals surface area contributed by atoms with E-state index in [2.05, 4.69) is 36.8 Å². The molecule has 0 aliphatic rings. The van der Waals surface area contributed by atoms with Crippen molar-refractivity contribution in [3.63, 3.8) is 0 Å². The number of rotatable bonds is 18. The van der Waals surface area contributed by atoms with E-state index in [9.17, 15) is 43.8 Å². The molecule has 2 aromatic rings. The minimum Gasteiger partial charge on any atom is -0.481 e. The van der Waals surface area contributed by atoms with E-state index < -0.39 is 66.3 Å². The molecule has 50 heavy (non-hydrogen) atoms. The summed E-state index contributed by atoms with van der Waals surface area (Å²) < 4.78 is 5.03. The first-order chi connectivity index (χ1) is 23.5. The molecule has 2 rings (SSSR count). The van der Waals surface area contributed by atoms with Crippen LogP contribution < -0.4 is 32.3 Å². The minimum absolute atomic E-state index is 0.0649. The van der Waals surface area contributed by atoms with Crippen LogP contribution in [-0.4, -0.2) is 83.2 Å². The SMILES string of the molecule is CC(C)(C)OC(=O)N[C@@H](C[C@@H](CCCC(=O)NCC(=O)NCC(=O)Nc1ccc(N=Nc2ccc(NC(=O)CN)cc2)cc1)C(=O)O)C(=O)O. The first kappa shape index (κ1) is 40.3. The average molecular weight is 699 g/mol. The number of nitrogens with two attached hydrogens (primary N) is 1. The van der Waals surface area contributed by atoms with Crippen LogP contribution in [0.5, 0.6) is 0 Å². The van der Waals surface area contributed by atoms with E-state index >= 15 is 0 Å². The number of hydrogen-bond donors (Lipinski definition) is 8. The van der Waals surface area contributed by atoms with Crippen LogP contribution in [0.25, 0.3) is 0 Å². The van der Waals surface area contributed by atoms with Crippen LogP contribution in [-0.2, 0) is 33.5 Å². The molecule has 0 bridgehead atoms. The van der Waals surface area contributed by atoms with Crippen LogP contribution in [0.4, 0.5) is 27.5 Å². The summed E-state index contributed by atoms with van der Waals surface area (Å²) in [6, 6.07) is 11.5. The van der Waals surface area contributed by atoms with Crippen molar-refractivity contribution >= 4 is 64.4 Å². The Morgan fingerprint density at radius 3 is 1.72 bits per heavy atom. The van der Waals surface area contributed by atoms with E-state index in [1.54, 1.807) is 69.3 Å². The van der Waals surface area contributed by atoms with Gasteiger partial charge in [0.05, 0.1) is 36.9 Å². The first-order valence-electron chi connectivity index (χ1n) is 15.4. The Labute approximate surface area is 287 Å². The number of carboxylic acid groups (broad SMARTS) is 2. The standard InChI is InChI=1S/C32H42N8O10/c1-32(2,3)50-31(49)38-24(30(47)48)15-19(29(45)46)5-4-6-25(41)34-17-27(43)35-18-28(44)37-21-9-13-23(14-10-21)40-39-22-11-7-20(8-12-22)36-26(42)16-33/h7-14,19,24H,4-6,15-18,33H2,1-3H3,(H,34,41)(H,35,43)(H,36,42)(H,37,44)(H,38,49)(H,45,46)(H,47,48)/t19-,24+/m1/s1. The molecule has 0 aliphatic carbocycles. The summed E-state index contributed by atoms with van der Waals surface area (Å²) in [4.78, 5) is 83.1. The van der Waals surface area contributed by atoms with Gasteiger partial charge in [-0.1, -0.05) is 0 Å². The van der Waals surface area contributed by atoms with Crippen LogP contribution >= 0.6 is 0 Å². The predicted octanol–water partition coefficient (Wildman–Crippen LogP) is 2.41. The monoisotopic (exact) mass is 698 g/mol. The highest BCUT2D eigenvalue weighted by molar-refractivity contribution is 5.95. The molecular formula is C32H42N8O10. The summed E-state index contributed by atoms with van der Waals surface area (Å²) in [7, 11) is 0. The number of carbonyl (C=O) groups excluding carboxylic acids is 5. The third-order valence-corrected chi connectivity index (χ3v) is 6.48. The second-order valence-corrected chi connectivity index (χ2v) is 11.8. The van der Waals surface area contributed by atoms with Gasteiger partial charge < -0.3 is 47.3 Å². The highest BCUT2D eigenvalue weighted by atomic mass is 16.6. The highest BCUT2D eigenvalue weighted by Gasteiger charge is 2.30. The van der Waals surface area contributed by atoms with Gasteiger partial charge in [-0.3, -0.25) is 24.0 Å². The van der Waals surface area contributed by atoms with Crippen LogP contribution in [0.2, 0.25) is 0 Å². The van der Waals surface area contributed by atoms with Crippen LogP contribution in [0.1, 0.15) is 46.5 Å². The van der Waals surface area contributed by atoms with Crippen molar-refractivity contribution in [1.82, 2.24) is 16.0 Å². The summed E-state index contributed by atoms with van der Waals surface area (Å²) in [5.41, 5.74) is 6.45. The number of alkyl carbamates (subject to hydrolysis) is 1. The molecular weight excluding hydrogens is 656 g/mol. The van der Waals surface area contributed by atoms with Gasteiger partial charge in [-0.25, -0.2) is 9.59 Å². The van der Waals surface area contributed by atoms with Crippen LogP contribution in [0.15, 0.2) is 58.8 Å². The molecule has 0 fully saturated rings. The molecule has 0 aliphatic heterocycles. The molecule has 0 spiro atoms. The summed E-state index contributed by atoms with van der Waals surface area (Å²) in [5.74, 6) is -5.95. The van der Waals surface area contributed by atoms with Gasteiger partial charge in [-0.05, 0) is 88.6 Å². The topological polar surface area (TPSA) is 280 Å². The third-order valence-electron chi connectivity index (χ3n) is 6.48. The maximum absolute atomic E-state index is 12.3. The number of anilines is 2. The molecule has 9 N–H and O–H groups in total. The Morgan fingerprint density at radius 2 is 1.24 bits per heavy atom. The maximum atomic E-state index is 12.3. The lowest BCUT2D eigenvalue weighted by Gasteiger charge is -2.23. The quantitative estimate of drug-likeness (QED) is 0.105. The fourth-order valence-corrected chi connectivity index (χ4v) is 4.07. The molecule has 0 radical (unpaired) electrons. The van der Waals surface area contributed by atoms with Crippen molar-refractivity contribution in [2.75, 3.05) is 30.3 Å². The number of nitrogens with one attached hydrogen (secondary N) is 5. The molecule has 18 heteroatoms. The Hall–Kier alpha value is -5.91. The van der Waals surface area contributed by atoms with Gasteiger partial charge in [-0.2, -0.15) is 10.2 Å². The lowest BCUT2D eigenvalue weighted by Crippen LogP contribution is -2.45. The van der Waals surface area contributed by atoms with E-state index in [-0.39, 0.29) is 38.3 Å². The van der Waals surface area contributed by atoms with Crippen molar-refractivity contribution in [3.05, 3.63) is 48.5 Å². The molecule has 270 valence electrons. The summed E-state index contributed by atoms with van der Waals surface area (Å²) >= 11 is 0. The van der Waals surface area contributed by atoms with E-state index in [1.165, 1.54) is 0 Å². The Morgan fingerprint density at radius 1 is 0.740 bits per heavy atom. The van der Waals surface area contributed by atoms with Crippen LogP contribution in [0.3, 0.4) is 0 Å². The van der Waals surface area contributed by atoms with Gasteiger partial charge in [0, 0.05) is 17.8 Å². The number of hydrogen-bond acceptors (Lipinski definition) is 11. The van der Waals surface area contributed by atoms with E-state index in [1.807, 2.05) is 0 Å². The number of ether oxygens (including phenoxy) is 1. The fraction of sp³-hybridized carbons (Fsp3) is 0.406. The largest absolute Gasteiger partial charge is 0.481 e. The van der Waals surface area contributed by atoms with Crippen LogP contribution in [0, 0.1) is 5.92 Å². The zero-order valence-corrected chi connectivity index (χ0v) is 27.9. The molecule has 0 aromatic heterocycles. The minimum atomic E-state index is -1.52. The van der Waals surface area contributed by atoms with E-state index in [0.717, 1.165) is 0 Å². The Bertz CT molecular complexity index is 1540. The summed E-state index contributed by atoms with van der Waals surface area (Å²) in [6.45, 7) is 3.83. The molecule has 5 amide bonds. The van der Waals surface area contributed by atoms with Crippen molar-refractivity contribution in [1.29, 1.82) is 0 Å². The average Bonchev–Trinajstić information content (AvgIpc) is 3.04. The molecule has 0 unspecified atom stereocenters. The van der Waals surface area contributed by atoms with E-state index in [0.29, 0.717) is 22.7 Å². The fourth-order valence-electron chi connectivity index (χ4n) is 4.07. The highest BCUT2D eigenvalue weighted by Crippen LogP contribution is 2.22. The van der Waals surface area contributed by atoms with Crippen molar-refractivity contribution in [3.8, 4) is 0 Å². The van der Waals surface area contributed by atoms with Gasteiger partial charge in [0.2, 0.25) is 23.6 Å². The smallest absolute Gasteiger partial charge is 0.408 e. The molecule has 0 heterocycles. The normalized spacial score (nSPS) is 12.2. The molecule has 0 saturated heterocycles. The van der Waals surface area contributed by atoms with Crippen molar-refractivity contribution in [2.24, 2.45) is 21.9 Å². The lowest BCUT2D eigenvalue weighted by atomic mass is 9.94. The van der Waals surface area contributed by atoms with Crippen molar-refractivity contribution in [2.45, 2.75) is 58.1 Å². The maximum Gasteiger partial charge on any atom is 0.408 e. The number of azo groups is 1. The Balaban J connectivity index is 1.71. The molecule has 18 nitrogen and oxygen atoms in total. The van der Waals surface area contributed by atoms with E-state index in [4.69, 9.17) is 10.5 Å². The summed E-state index contributed by atoms with van der Waals surface area (Å²) in [6.07, 6.45) is -1.58. The summed E-state index contributed by atoms with van der Waals surface area (Å²) in [5, 5.41) is 39.3. The van der Waals surface area contributed by atoms with Crippen molar-refractivity contribution < 1.29 is 48.5 Å². The zero-order chi connectivity index (χ0) is 37.3. The number of aliphatic carboxylic acids is 2. The number of carboxylic acids is 2. The molecule has 2 atom stereocenters. The third kappa shape index (κ3) is 16.3. The lowest BCUT2D eigenvalue weighted by molar-refractivity contribution is -0.144. The zero-order valence-electron chi connectivity index (χ0n) is 27.9. The van der Waals surface area contributed by atoms with Gasteiger partial charge in [-0.15, -0.1) is 0 Å². The number of carbonyl (C=O) groups is 7. The second-order valence-electron chi connectivity index (χ2n) is 11.8. The number of amides is 5. The van der Waals surface area contributed by atoms with Gasteiger partial charge >= 0.3 is 18.0 Å². The predicted molar refractivity (Wildman–Crippen MR) is 180 cm³/mol. The number of benzene rings is 2. The molecule has 2 aromatic carbocycles. The first-order valence-corrected chi connectivity index (χ1v) is 15.4. The van der Waals surface area contributed by atoms with Gasteiger partial charge in [0.1, 0.15) is 11.6 Å². The molecule has 0 saturated carbocycles. The Kier molecular flexibility index (Phi) is 15.9. The second kappa shape index (κ2) is 19.8.